The summed E-state index contributed by atoms with van der Waals surface area (Å²) in [5.74, 6) is -2.15. The molecule has 8 nitrogen and oxygen atoms in total. The van der Waals surface area contributed by atoms with Crippen LogP contribution in [0.1, 0.15) is 124 Å². The molecule has 0 radical (unpaired) electrons. The Kier molecular flexibility index (Phi) is 8.54. The van der Waals surface area contributed by atoms with Crippen molar-refractivity contribution in [2.75, 3.05) is 13.2 Å². The van der Waals surface area contributed by atoms with E-state index in [-0.39, 0.29) is 65.2 Å². The zero-order valence-corrected chi connectivity index (χ0v) is 31.3. The van der Waals surface area contributed by atoms with E-state index in [0.29, 0.717) is 70.6 Å². The van der Waals surface area contributed by atoms with Crippen LogP contribution in [0.2, 0.25) is 0 Å². The average Bonchev–Trinajstić information content (AvgIpc) is 3.60. The molecule has 6 unspecified atom stereocenters. The number of halogens is 1. The van der Waals surface area contributed by atoms with Gasteiger partial charge in [-0.3, -0.25) is 14.4 Å². The molecule has 0 bridgehead atoms. The zero-order chi connectivity index (χ0) is 36.7. The van der Waals surface area contributed by atoms with Crippen LogP contribution in [-0.4, -0.2) is 80.1 Å². The zero-order valence-electron chi connectivity index (χ0n) is 31.3. The summed E-state index contributed by atoms with van der Waals surface area (Å²) in [7, 11) is 0. The van der Waals surface area contributed by atoms with Crippen molar-refractivity contribution in [3.8, 4) is 0 Å². The summed E-state index contributed by atoms with van der Waals surface area (Å²) >= 11 is 0. The van der Waals surface area contributed by atoms with Gasteiger partial charge >= 0.3 is 0 Å². The first kappa shape index (κ1) is 36.7. The summed E-state index contributed by atoms with van der Waals surface area (Å²) < 4.78 is 19.2. The minimum Gasteiger partial charge on any atom is -0.393 e. The lowest BCUT2D eigenvalue weighted by molar-refractivity contribution is -0.305. The number of aliphatic hydroxyl groups excluding tert-OH is 5. The Hall–Kier alpha value is -1.26. The van der Waals surface area contributed by atoms with E-state index in [4.69, 9.17) is 0 Å². The molecule has 0 aromatic heterocycles. The highest BCUT2D eigenvalue weighted by atomic mass is 19.1. The smallest absolute Gasteiger partial charge is 0.161 e. The summed E-state index contributed by atoms with van der Waals surface area (Å²) in [5.41, 5.74) is -5.31. The Labute approximate surface area is 302 Å². The van der Waals surface area contributed by atoms with Gasteiger partial charge in [0.15, 0.2) is 11.6 Å². The molecule has 0 heterocycles. The first-order chi connectivity index (χ1) is 24.0. The Bertz CT molecular complexity index is 1470. The number of hydrogen-bond donors (Lipinski definition) is 5. The van der Waals surface area contributed by atoms with Crippen molar-refractivity contribution < 1.29 is 44.3 Å². The summed E-state index contributed by atoms with van der Waals surface area (Å²) in [6.07, 6.45) is 5.90. The van der Waals surface area contributed by atoms with Crippen LogP contribution in [0.25, 0.3) is 0 Å². The second-order valence-corrected chi connectivity index (χ2v) is 20.4. The Morgan fingerprint density at radius 1 is 0.725 bits per heavy atom. The fourth-order valence-electron chi connectivity index (χ4n) is 17.3. The van der Waals surface area contributed by atoms with Crippen molar-refractivity contribution in [1.82, 2.24) is 0 Å². The molecule has 18 atom stereocenters. The molecule has 8 rings (SSSR count). The minimum atomic E-state index is -1.98. The van der Waals surface area contributed by atoms with Crippen molar-refractivity contribution in [3.63, 3.8) is 0 Å². The van der Waals surface area contributed by atoms with Gasteiger partial charge in [-0.15, -0.1) is 0 Å². The lowest BCUT2D eigenvalue weighted by Crippen LogP contribution is -2.75. The van der Waals surface area contributed by atoms with Crippen molar-refractivity contribution in [1.29, 1.82) is 0 Å². The Morgan fingerprint density at radius 2 is 1.35 bits per heavy atom. The highest BCUT2D eigenvalue weighted by Crippen LogP contribution is 2.79. The molecule has 0 amide bonds. The predicted molar refractivity (Wildman–Crippen MR) is 187 cm³/mol. The van der Waals surface area contributed by atoms with Crippen LogP contribution in [-0.2, 0) is 14.4 Å². The molecule has 0 aromatic rings. The van der Waals surface area contributed by atoms with E-state index in [2.05, 4.69) is 20.8 Å². The van der Waals surface area contributed by atoms with Crippen molar-refractivity contribution >= 4 is 17.3 Å². The number of carbonyl (C=O) groups excluding carboxylic acids is 3. The fraction of sp³-hybridized carbons (Fsp3) is 0.929. The summed E-state index contributed by atoms with van der Waals surface area (Å²) in [6, 6.07) is 0. The second-order valence-electron chi connectivity index (χ2n) is 20.4. The van der Waals surface area contributed by atoms with Crippen LogP contribution in [0, 0.1) is 80.3 Å². The molecule has 8 fully saturated rings. The van der Waals surface area contributed by atoms with Crippen LogP contribution in [0.15, 0.2) is 0 Å². The highest BCUT2D eigenvalue weighted by Gasteiger charge is 2.78. The lowest BCUT2D eigenvalue weighted by Gasteiger charge is -2.74. The van der Waals surface area contributed by atoms with E-state index < -0.39 is 76.1 Å². The summed E-state index contributed by atoms with van der Waals surface area (Å²) in [4.78, 5) is 40.7. The van der Waals surface area contributed by atoms with Crippen LogP contribution in [0.3, 0.4) is 0 Å². The van der Waals surface area contributed by atoms with Crippen LogP contribution < -0.4 is 0 Å². The third kappa shape index (κ3) is 4.45. The van der Waals surface area contributed by atoms with Gasteiger partial charge in [0.2, 0.25) is 0 Å². The number of aliphatic hydroxyl groups is 5. The van der Waals surface area contributed by atoms with E-state index in [1.54, 1.807) is 0 Å². The molecule has 0 aliphatic heterocycles. The third-order valence-electron chi connectivity index (χ3n) is 19.2. The van der Waals surface area contributed by atoms with Crippen LogP contribution >= 0.6 is 0 Å². The van der Waals surface area contributed by atoms with E-state index >= 15 is 4.39 Å². The maximum absolute atomic E-state index is 19.2. The molecule has 286 valence electrons. The third-order valence-corrected chi connectivity index (χ3v) is 19.2. The van der Waals surface area contributed by atoms with Gasteiger partial charge in [0.25, 0.3) is 0 Å². The topological polar surface area (TPSA) is 152 Å². The van der Waals surface area contributed by atoms with E-state index in [1.165, 1.54) is 0 Å². The minimum absolute atomic E-state index is 0.0668. The molecule has 8 aliphatic rings. The highest BCUT2D eigenvalue weighted by molar-refractivity contribution is 5.88. The first-order valence-electron chi connectivity index (χ1n) is 20.5. The molecular formula is C42H63FO8. The number of rotatable bonds is 5. The van der Waals surface area contributed by atoms with E-state index in [1.807, 2.05) is 6.92 Å². The monoisotopic (exact) mass is 714 g/mol. The molecule has 0 spiro atoms. The quantitative estimate of drug-likeness (QED) is 0.267. The Balaban J connectivity index is 1.23. The van der Waals surface area contributed by atoms with Gasteiger partial charge in [0.05, 0.1) is 18.3 Å². The van der Waals surface area contributed by atoms with Gasteiger partial charge in [0.1, 0.15) is 24.7 Å². The van der Waals surface area contributed by atoms with Gasteiger partial charge in [0, 0.05) is 29.6 Å². The molecule has 9 heteroatoms. The fourth-order valence-corrected chi connectivity index (χ4v) is 17.3. The van der Waals surface area contributed by atoms with Crippen LogP contribution in [0.5, 0.6) is 0 Å². The van der Waals surface area contributed by atoms with E-state index in [0.717, 1.165) is 19.3 Å². The normalized spacial score (nSPS) is 57.6. The van der Waals surface area contributed by atoms with Gasteiger partial charge in [-0.2, -0.15) is 0 Å². The van der Waals surface area contributed by atoms with Gasteiger partial charge in [-0.05, 0) is 147 Å². The average molecular weight is 715 g/mol. The molecule has 0 aromatic carbocycles. The molecule has 51 heavy (non-hydrogen) atoms. The summed E-state index contributed by atoms with van der Waals surface area (Å²) in [5, 5.41) is 55.3. The molecule has 8 aliphatic carbocycles. The summed E-state index contributed by atoms with van der Waals surface area (Å²) in [6.45, 7) is 7.36. The lowest BCUT2D eigenvalue weighted by atomic mass is 9.31. The maximum atomic E-state index is 19.2. The first-order valence-corrected chi connectivity index (χ1v) is 20.5. The van der Waals surface area contributed by atoms with Crippen molar-refractivity contribution in [3.05, 3.63) is 0 Å². The largest absolute Gasteiger partial charge is 0.393 e. The maximum Gasteiger partial charge on any atom is 0.161 e. The number of carbonyl (C=O) groups is 3. The van der Waals surface area contributed by atoms with Gasteiger partial charge in [-0.25, -0.2) is 4.39 Å². The van der Waals surface area contributed by atoms with Crippen molar-refractivity contribution in [2.45, 2.75) is 148 Å². The standard InChI is InChI=1S/C42H63FO8/c1-37-18-31(48)36-25(26(37)7-9-29(37)32(49)20-44)12-14-41(17-23(46)11-13-39(36,41)3)34-16-24(47)15-22-5-6-28-27-8-10-30(33(50)21-45)38(27,2)19-35(51)42(28,43)40(22,34)4/h22-30,34-36,44-47,51H,5-21H2,1-4H3/t22?,23?,24?,25-,26-,27-,28-,29+,30+,34?,35?,36+,37-,38-,39+,40+,41?,42-/m0/s1. The molecule has 5 N–H and O–H groups in total. The van der Waals surface area contributed by atoms with Crippen LogP contribution in [0.4, 0.5) is 4.39 Å². The molecular weight excluding hydrogens is 651 g/mol. The molecule has 8 saturated carbocycles. The number of fused-ring (bicyclic) bond motifs is 10. The van der Waals surface area contributed by atoms with E-state index in [9.17, 15) is 39.9 Å². The van der Waals surface area contributed by atoms with Gasteiger partial charge in [-0.1, -0.05) is 27.7 Å². The molecule has 0 saturated heterocycles. The number of ketones is 3. The number of alkyl halides is 1. The van der Waals surface area contributed by atoms with Gasteiger partial charge < -0.3 is 25.5 Å². The number of Topliss-reactive ketones (excluding diaryl/α,β-unsaturated/α-hetero) is 3. The second kappa shape index (κ2) is 11.9. The Morgan fingerprint density at radius 3 is 2.02 bits per heavy atom. The predicted octanol–water partition coefficient (Wildman–Crippen LogP) is 4.99. The number of hydrogen-bond acceptors (Lipinski definition) is 8. The van der Waals surface area contributed by atoms with Crippen molar-refractivity contribution in [2.24, 2.45) is 80.3 Å². The SMILES string of the molecule is C[C@]12CC(=O)[C@H]3[C@@H](CCC4(C5CC(O)CC6CC[C@H]7[C@@H]8CC[C@H](C(=O)CO)[C@@]8(C)CC(O)[C@]7(F)[C@]65C)CC(O)CC[C@]34C)[C@@H]1CC[C@@H]2C(=O)CO.